The van der Waals surface area contributed by atoms with Gasteiger partial charge in [-0.1, -0.05) is 19.1 Å². The van der Waals surface area contributed by atoms with E-state index in [1.54, 1.807) is 0 Å². The minimum absolute atomic E-state index is 0.343. The van der Waals surface area contributed by atoms with Gasteiger partial charge in [0, 0.05) is 75.3 Å². The molecular formula is C29H47N7O. The van der Waals surface area contributed by atoms with Crippen LogP contribution in [0.4, 0.5) is 17.5 Å². The van der Waals surface area contributed by atoms with Gasteiger partial charge in [-0.2, -0.15) is 4.98 Å². The third-order valence-electron chi connectivity index (χ3n) is 7.74. The number of nitrogens with two attached hydrogens (primary N) is 1. The van der Waals surface area contributed by atoms with E-state index in [0.717, 1.165) is 62.9 Å². The lowest BCUT2D eigenvalue weighted by atomic mass is 10.0. The third-order valence-corrected chi connectivity index (χ3v) is 7.74. The van der Waals surface area contributed by atoms with E-state index in [1.165, 1.54) is 37.2 Å². The molecule has 3 heterocycles. The standard InChI is InChI=1S/C29H47N7O/c1-4-24(3)36(17-19-37-18-12-30)29-32-23(2)20-28(33-29)35-15-10-26(11-16-35)31-22-25-8-7-9-27(21-25)34-13-5-6-14-34/h7-9,20-21,24,26,31H,4-6,10-19,22,30H2,1-3H3. The first kappa shape index (κ1) is 27.6. The van der Waals surface area contributed by atoms with Gasteiger partial charge in [0.2, 0.25) is 5.95 Å². The first-order valence-corrected chi connectivity index (χ1v) is 14.3. The summed E-state index contributed by atoms with van der Waals surface area (Å²) >= 11 is 0. The van der Waals surface area contributed by atoms with E-state index in [-0.39, 0.29) is 0 Å². The first-order valence-electron chi connectivity index (χ1n) is 14.3. The number of piperidine rings is 1. The van der Waals surface area contributed by atoms with E-state index in [0.29, 0.717) is 31.8 Å². The molecule has 1 aromatic heterocycles. The van der Waals surface area contributed by atoms with E-state index in [9.17, 15) is 0 Å². The summed E-state index contributed by atoms with van der Waals surface area (Å²) in [4.78, 5) is 17.0. The molecule has 2 aromatic rings. The Morgan fingerprint density at radius 1 is 1.08 bits per heavy atom. The maximum atomic E-state index is 5.66. The highest BCUT2D eigenvalue weighted by atomic mass is 16.5. The molecule has 1 aromatic carbocycles. The minimum Gasteiger partial charge on any atom is -0.378 e. The van der Waals surface area contributed by atoms with Gasteiger partial charge in [-0.3, -0.25) is 0 Å². The van der Waals surface area contributed by atoms with E-state index < -0.39 is 0 Å². The highest BCUT2D eigenvalue weighted by Gasteiger charge is 2.23. The lowest BCUT2D eigenvalue weighted by Crippen LogP contribution is -2.43. The maximum absolute atomic E-state index is 5.66. The lowest BCUT2D eigenvalue weighted by Gasteiger charge is -2.34. The van der Waals surface area contributed by atoms with Crippen LogP contribution < -0.4 is 25.8 Å². The van der Waals surface area contributed by atoms with Crippen LogP contribution in [0.5, 0.6) is 0 Å². The fourth-order valence-corrected chi connectivity index (χ4v) is 5.33. The zero-order valence-corrected chi connectivity index (χ0v) is 23.2. The molecule has 0 spiro atoms. The molecule has 2 aliphatic heterocycles. The van der Waals surface area contributed by atoms with Gasteiger partial charge in [0.1, 0.15) is 5.82 Å². The summed E-state index contributed by atoms with van der Waals surface area (Å²) in [6.45, 7) is 14.3. The summed E-state index contributed by atoms with van der Waals surface area (Å²) in [5, 5.41) is 3.82. The average Bonchev–Trinajstić information content (AvgIpc) is 3.47. The average molecular weight is 510 g/mol. The Hall–Kier alpha value is -2.42. The number of aromatic nitrogens is 2. The third kappa shape index (κ3) is 7.79. The highest BCUT2D eigenvalue weighted by molar-refractivity contribution is 5.49. The predicted molar refractivity (Wildman–Crippen MR) is 154 cm³/mol. The fourth-order valence-electron chi connectivity index (χ4n) is 5.33. The predicted octanol–water partition coefficient (Wildman–Crippen LogP) is 3.72. The van der Waals surface area contributed by atoms with Crippen LogP contribution in [0.15, 0.2) is 30.3 Å². The highest BCUT2D eigenvalue weighted by Crippen LogP contribution is 2.24. The van der Waals surface area contributed by atoms with Gasteiger partial charge in [0.15, 0.2) is 0 Å². The molecule has 0 aliphatic carbocycles. The number of hydrogen-bond acceptors (Lipinski definition) is 8. The zero-order valence-electron chi connectivity index (χ0n) is 23.2. The number of hydrogen-bond donors (Lipinski definition) is 2. The fraction of sp³-hybridized carbons (Fsp3) is 0.655. The van der Waals surface area contributed by atoms with Crippen molar-refractivity contribution in [2.75, 3.05) is 67.2 Å². The van der Waals surface area contributed by atoms with E-state index in [1.807, 2.05) is 0 Å². The number of anilines is 3. The number of ether oxygens (including phenoxy) is 1. The van der Waals surface area contributed by atoms with Crippen LogP contribution in [-0.4, -0.2) is 74.5 Å². The quantitative estimate of drug-likeness (QED) is 0.396. The van der Waals surface area contributed by atoms with Gasteiger partial charge in [-0.05, 0) is 63.6 Å². The monoisotopic (exact) mass is 509 g/mol. The molecule has 8 heteroatoms. The molecule has 2 aliphatic rings. The van der Waals surface area contributed by atoms with Gasteiger partial charge < -0.3 is 30.5 Å². The van der Waals surface area contributed by atoms with Gasteiger partial charge in [0.05, 0.1) is 13.2 Å². The van der Waals surface area contributed by atoms with E-state index in [4.69, 9.17) is 20.4 Å². The molecule has 37 heavy (non-hydrogen) atoms. The lowest BCUT2D eigenvalue weighted by molar-refractivity contribution is 0.146. The molecule has 0 bridgehead atoms. The Morgan fingerprint density at radius 3 is 2.59 bits per heavy atom. The molecule has 8 nitrogen and oxygen atoms in total. The van der Waals surface area contributed by atoms with Crippen LogP contribution in [0.1, 0.15) is 57.2 Å². The van der Waals surface area contributed by atoms with Gasteiger partial charge >= 0.3 is 0 Å². The summed E-state index contributed by atoms with van der Waals surface area (Å²) in [5.41, 5.74) is 9.34. The van der Waals surface area contributed by atoms with Crippen LogP contribution in [0, 0.1) is 6.92 Å². The van der Waals surface area contributed by atoms with Crippen molar-refractivity contribution >= 4 is 17.5 Å². The van der Waals surface area contributed by atoms with Crippen LogP contribution in [-0.2, 0) is 11.3 Å². The summed E-state index contributed by atoms with van der Waals surface area (Å²) in [6, 6.07) is 12.1. The Balaban J connectivity index is 1.32. The normalized spacial score (nSPS) is 17.4. The molecular weight excluding hydrogens is 462 g/mol. The van der Waals surface area contributed by atoms with Crippen LogP contribution in [0.3, 0.4) is 0 Å². The summed E-state index contributed by atoms with van der Waals surface area (Å²) in [7, 11) is 0. The molecule has 4 rings (SSSR count). The van der Waals surface area contributed by atoms with Crippen molar-refractivity contribution in [2.24, 2.45) is 5.73 Å². The number of nitrogens with zero attached hydrogens (tertiary/aromatic N) is 5. The Morgan fingerprint density at radius 2 is 1.86 bits per heavy atom. The van der Waals surface area contributed by atoms with E-state index in [2.05, 4.69) is 71.1 Å². The zero-order chi connectivity index (χ0) is 26.0. The second-order valence-corrected chi connectivity index (χ2v) is 10.5. The molecule has 2 saturated heterocycles. The molecule has 3 N–H and O–H groups in total. The number of benzene rings is 1. The van der Waals surface area contributed by atoms with Crippen LogP contribution in [0.2, 0.25) is 0 Å². The smallest absolute Gasteiger partial charge is 0.227 e. The minimum atomic E-state index is 0.343. The topological polar surface area (TPSA) is 82.8 Å². The van der Waals surface area contributed by atoms with Crippen molar-refractivity contribution in [3.8, 4) is 0 Å². The Kier molecular flexibility index (Phi) is 10.4. The van der Waals surface area contributed by atoms with E-state index >= 15 is 0 Å². The molecule has 2 fully saturated rings. The van der Waals surface area contributed by atoms with Gasteiger partial charge in [0.25, 0.3) is 0 Å². The Bertz CT molecular complexity index is 957. The first-order chi connectivity index (χ1) is 18.1. The van der Waals surface area contributed by atoms with Crippen molar-refractivity contribution in [3.63, 3.8) is 0 Å². The van der Waals surface area contributed by atoms with Gasteiger partial charge in [-0.15, -0.1) is 0 Å². The van der Waals surface area contributed by atoms with Gasteiger partial charge in [-0.25, -0.2) is 4.98 Å². The molecule has 0 radical (unpaired) electrons. The SMILES string of the molecule is CCC(C)N(CCOCCN)c1nc(C)cc(N2CCC(NCc3cccc(N4CCCC4)c3)CC2)n1. The van der Waals surface area contributed by atoms with Crippen molar-refractivity contribution in [3.05, 3.63) is 41.6 Å². The summed E-state index contributed by atoms with van der Waals surface area (Å²) in [5.74, 6) is 1.84. The number of aryl methyl sites for hydroxylation is 1. The summed E-state index contributed by atoms with van der Waals surface area (Å²) in [6.07, 6.45) is 5.89. The Labute approximate surface area is 223 Å². The maximum Gasteiger partial charge on any atom is 0.227 e. The second kappa shape index (κ2) is 13.9. The van der Waals surface area contributed by atoms with Crippen LogP contribution in [0.25, 0.3) is 0 Å². The number of nitrogens with one attached hydrogen (secondary N) is 1. The molecule has 0 amide bonds. The van der Waals surface area contributed by atoms with Crippen molar-refractivity contribution in [1.82, 2.24) is 15.3 Å². The van der Waals surface area contributed by atoms with Crippen molar-refractivity contribution < 1.29 is 4.74 Å². The largest absolute Gasteiger partial charge is 0.378 e. The van der Waals surface area contributed by atoms with Crippen molar-refractivity contribution in [2.45, 2.75) is 71.5 Å². The van der Waals surface area contributed by atoms with Crippen molar-refractivity contribution in [1.29, 1.82) is 0 Å². The molecule has 204 valence electrons. The molecule has 0 saturated carbocycles. The molecule has 1 atom stereocenters. The van der Waals surface area contributed by atoms with Crippen LogP contribution >= 0.6 is 0 Å². The summed E-state index contributed by atoms with van der Waals surface area (Å²) < 4.78 is 5.66. The molecule has 1 unspecified atom stereocenters. The second-order valence-electron chi connectivity index (χ2n) is 10.5. The number of rotatable bonds is 13.